The normalized spacial score (nSPS) is 15.2. The minimum absolute atomic E-state index is 0.121. The minimum Gasteiger partial charge on any atom is -0.469 e. The number of anilines is 1. The van der Waals surface area contributed by atoms with E-state index in [0.717, 1.165) is 57.0 Å². The number of piperazine rings is 1. The van der Waals surface area contributed by atoms with Gasteiger partial charge >= 0.3 is 0 Å². The van der Waals surface area contributed by atoms with E-state index in [-0.39, 0.29) is 5.91 Å². The Kier molecular flexibility index (Phi) is 6.22. The van der Waals surface area contributed by atoms with Crippen LogP contribution in [0.5, 0.6) is 0 Å². The molecule has 0 radical (unpaired) electrons. The van der Waals surface area contributed by atoms with Gasteiger partial charge in [0.2, 0.25) is 5.95 Å². The molecular weight excluding hydrogens is 330 g/mol. The molecule has 26 heavy (non-hydrogen) atoms. The van der Waals surface area contributed by atoms with Gasteiger partial charge in [-0.05, 0) is 32.0 Å². The molecule has 1 N–H and O–H groups in total. The van der Waals surface area contributed by atoms with E-state index in [1.165, 1.54) is 0 Å². The maximum absolute atomic E-state index is 12.4. The van der Waals surface area contributed by atoms with Gasteiger partial charge in [-0.25, -0.2) is 9.97 Å². The highest BCUT2D eigenvalue weighted by molar-refractivity contribution is 5.94. The Hall–Kier alpha value is -2.41. The summed E-state index contributed by atoms with van der Waals surface area (Å²) >= 11 is 0. The summed E-state index contributed by atoms with van der Waals surface area (Å²) in [5.74, 6) is 1.53. The van der Waals surface area contributed by atoms with E-state index in [1.54, 1.807) is 12.5 Å². The average molecular weight is 357 g/mol. The van der Waals surface area contributed by atoms with Crippen LogP contribution >= 0.6 is 0 Å². The Morgan fingerprint density at radius 1 is 1.31 bits per heavy atom. The number of furan rings is 1. The summed E-state index contributed by atoms with van der Waals surface area (Å²) in [4.78, 5) is 25.9. The highest BCUT2D eigenvalue weighted by Gasteiger charge is 2.19. The van der Waals surface area contributed by atoms with Crippen molar-refractivity contribution in [3.8, 4) is 0 Å². The fourth-order valence-corrected chi connectivity index (χ4v) is 3.11. The fourth-order valence-electron chi connectivity index (χ4n) is 3.11. The third kappa shape index (κ3) is 4.60. The minimum atomic E-state index is -0.121. The molecule has 140 valence electrons. The van der Waals surface area contributed by atoms with Crippen molar-refractivity contribution in [2.24, 2.45) is 0 Å². The van der Waals surface area contributed by atoms with Crippen molar-refractivity contribution in [1.82, 2.24) is 20.2 Å². The predicted molar refractivity (Wildman–Crippen MR) is 100 cm³/mol. The molecule has 2 aromatic rings. The molecule has 1 saturated heterocycles. The second kappa shape index (κ2) is 8.80. The number of likely N-dealkylation sites (N-methyl/N-ethyl adjacent to an activating group) is 1. The molecule has 2 aromatic heterocycles. The summed E-state index contributed by atoms with van der Waals surface area (Å²) in [6.45, 7) is 9.61. The predicted octanol–water partition coefficient (Wildman–Crippen LogP) is 1.88. The van der Waals surface area contributed by atoms with E-state index in [4.69, 9.17) is 4.42 Å². The molecular formula is C19H27N5O2. The third-order valence-electron chi connectivity index (χ3n) is 4.78. The summed E-state index contributed by atoms with van der Waals surface area (Å²) < 4.78 is 5.29. The van der Waals surface area contributed by atoms with E-state index in [9.17, 15) is 4.79 Å². The monoisotopic (exact) mass is 357 g/mol. The number of carbonyl (C=O) groups is 1. The number of hydrogen-bond donors (Lipinski definition) is 1. The first kappa shape index (κ1) is 18.4. The summed E-state index contributed by atoms with van der Waals surface area (Å²) in [7, 11) is 0. The number of aryl methyl sites for hydroxylation is 2. The molecule has 7 nitrogen and oxygen atoms in total. The zero-order valence-electron chi connectivity index (χ0n) is 15.6. The van der Waals surface area contributed by atoms with Gasteiger partial charge in [0, 0.05) is 45.3 Å². The Balaban J connectivity index is 1.51. The smallest absolute Gasteiger partial charge is 0.254 e. The van der Waals surface area contributed by atoms with Crippen LogP contribution in [-0.4, -0.2) is 60.0 Å². The molecule has 0 unspecified atom stereocenters. The maximum Gasteiger partial charge on any atom is 0.254 e. The van der Waals surface area contributed by atoms with Gasteiger partial charge in [0.25, 0.3) is 5.91 Å². The zero-order valence-corrected chi connectivity index (χ0v) is 15.6. The maximum atomic E-state index is 12.4. The summed E-state index contributed by atoms with van der Waals surface area (Å²) in [6, 6.07) is 3.82. The van der Waals surface area contributed by atoms with Crippen LogP contribution in [0.3, 0.4) is 0 Å². The summed E-state index contributed by atoms with van der Waals surface area (Å²) in [6.07, 6.45) is 4.95. The van der Waals surface area contributed by atoms with Crippen LogP contribution in [-0.2, 0) is 6.42 Å². The molecule has 3 rings (SSSR count). The van der Waals surface area contributed by atoms with Crippen LogP contribution < -0.4 is 10.2 Å². The number of rotatable bonds is 7. The molecule has 0 atom stereocenters. The number of aromatic nitrogens is 2. The van der Waals surface area contributed by atoms with Gasteiger partial charge in [0.1, 0.15) is 5.76 Å². The quantitative estimate of drug-likeness (QED) is 0.763. The van der Waals surface area contributed by atoms with E-state index < -0.39 is 0 Å². The standard InChI is InChI=1S/C19H27N5O2/c1-3-23-9-11-24(12-10-23)19-21-14-17(15(2)22-19)18(25)20-8-4-6-16-7-5-13-26-16/h5,7,13-14H,3-4,6,8-12H2,1-2H3,(H,20,25). The Morgan fingerprint density at radius 3 is 2.77 bits per heavy atom. The number of nitrogens with one attached hydrogen (secondary N) is 1. The average Bonchev–Trinajstić information content (AvgIpc) is 3.18. The van der Waals surface area contributed by atoms with Crippen LogP contribution in [0, 0.1) is 6.92 Å². The summed E-state index contributed by atoms with van der Waals surface area (Å²) in [5, 5.41) is 2.93. The number of carbonyl (C=O) groups excluding carboxylic acids is 1. The number of hydrogen-bond acceptors (Lipinski definition) is 6. The van der Waals surface area contributed by atoms with Gasteiger partial charge in [0.15, 0.2) is 0 Å². The van der Waals surface area contributed by atoms with Crippen LogP contribution in [0.2, 0.25) is 0 Å². The summed E-state index contributed by atoms with van der Waals surface area (Å²) in [5.41, 5.74) is 1.26. The lowest BCUT2D eigenvalue weighted by atomic mass is 10.2. The molecule has 0 saturated carbocycles. The van der Waals surface area contributed by atoms with E-state index in [1.807, 2.05) is 19.1 Å². The fraction of sp³-hybridized carbons (Fsp3) is 0.526. The SMILES string of the molecule is CCN1CCN(c2ncc(C(=O)NCCCc3ccco3)c(C)n2)CC1. The molecule has 3 heterocycles. The molecule has 0 aliphatic carbocycles. The van der Waals surface area contributed by atoms with Gasteiger partial charge in [-0.1, -0.05) is 6.92 Å². The topological polar surface area (TPSA) is 74.5 Å². The number of amides is 1. The van der Waals surface area contributed by atoms with Gasteiger partial charge in [-0.15, -0.1) is 0 Å². The molecule has 0 spiro atoms. The first-order chi connectivity index (χ1) is 12.7. The molecule has 1 aliphatic rings. The molecule has 1 aliphatic heterocycles. The Bertz CT molecular complexity index is 709. The number of nitrogens with zero attached hydrogens (tertiary/aromatic N) is 4. The van der Waals surface area contributed by atoms with Crippen molar-refractivity contribution in [2.75, 3.05) is 44.2 Å². The first-order valence-corrected chi connectivity index (χ1v) is 9.29. The van der Waals surface area contributed by atoms with Crippen molar-refractivity contribution >= 4 is 11.9 Å². The lowest BCUT2D eigenvalue weighted by Gasteiger charge is -2.34. The van der Waals surface area contributed by atoms with Gasteiger partial charge < -0.3 is 19.5 Å². The zero-order chi connectivity index (χ0) is 18.4. The van der Waals surface area contributed by atoms with E-state index in [2.05, 4.69) is 32.0 Å². The van der Waals surface area contributed by atoms with Crippen LogP contribution in [0.4, 0.5) is 5.95 Å². The van der Waals surface area contributed by atoms with Gasteiger partial charge in [-0.2, -0.15) is 0 Å². The van der Waals surface area contributed by atoms with Crippen LogP contribution in [0.15, 0.2) is 29.0 Å². The van der Waals surface area contributed by atoms with E-state index >= 15 is 0 Å². The van der Waals surface area contributed by atoms with Crippen molar-refractivity contribution in [3.05, 3.63) is 41.6 Å². The van der Waals surface area contributed by atoms with Gasteiger partial charge in [0.05, 0.1) is 17.5 Å². The second-order valence-corrected chi connectivity index (χ2v) is 6.53. The highest BCUT2D eigenvalue weighted by atomic mass is 16.3. The lowest BCUT2D eigenvalue weighted by Crippen LogP contribution is -2.46. The van der Waals surface area contributed by atoms with Crippen molar-refractivity contribution in [2.45, 2.75) is 26.7 Å². The largest absolute Gasteiger partial charge is 0.469 e. The second-order valence-electron chi connectivity index (χ2n) is 6.53. The van der Waals surface area contributed by atoms with E-state index in [0.29, 0.717) is 18.1 Å². The molecule has 1 amide bonds. The Labute approximate surface area is 154 Å². The third-order valence-corrected chi connectivity index (χ3v) is 4.78. The molecule has 1 fully saturated rings. The lowest BCUT2D eigenvalue weighted by molar-refractivity contribution is 0.0951. The van der Waals surface area contributed by atoms with Crippen molar-refractivity contribution in [3.63, 3.8) is 0 Å². The molecule has 0 aromatic carbocycles. The van der Waals surface area contributed by atoms with Gasteiger partial charge in [-0.3, -0.25) is 4.79 Å². The molecule has 7 heteroatoms. The molecule has 0 bridgehead atoms. The van der Waals surface area contributed by atoms with Crippen LogP contribution in [0.25, 0.3) is 0 Å². The van der Waals surface area contributed by atoms with Crippen LogP contribution in [0.1, 0.15) is 35.2 Å². The Morgan fingerprint density at radius 2 is 2.12 bits per heavy atom. The van der Waals surface area contributed by atoms with Crippen molar-refractivity contribution < 1.29 is 9.21 Å². The highest BCUT2D eigenvalue weighted by Crippen LogP contribution is 2.14. The first-order valence-electron chi connectivity index (χ1n) is 9.29. The van der Waals surface area contributed by atoms with Crippen molar-refractivity contribution in [1.29, 1.82) is 0 Å².